The average Bonchev–Trinajstić information content (AvgIpc) is 2.77. The smallest absolute Gasteiger partial charge is 0.261 e. The fourth-order valence-corrected chi connectivity index (χ4v) is 3.58. The zero-order chi connectivity index (χ0) is 19.9. The van der Waals surface area contributed by atoms with Crippen LogP contribution in [0.4, 0.5) is 0 Å². The zero-order valence-electron chi connectivity index (χ0n) is 16.8. The van der Waals surface area contributed by atoms with Gasteiger partial charge in [-0.05, 0) is 30.2 Å². The summed E-state index contributed by atoms with van der Waals surface area (Å²) in [6.07, 6.45) is 0.929. The number of nitrogens with zero attached hydrogens (tertiary/aromatic N) is 2. The molecule has 1 amide bonds. The first kappa shape index (κ1) is 20.0. The summed E-state index contributed by atoms with van der Waals surface area (Å²) in [7, 11) is 4.85. The molecule has 1 fully saturated rings. The molecule has 1 aliphatic heterocycles. The maximum Gasteiger partial charge on any atom is 0.261 e. The Morgan fingerprint density at radius 2 is 1.39 bits per heavy atom. The predicted molar refractivity (Wildman–Crippen MR) is 109 cm³/mol. The van der Waals surface area contributed by atoms with E-state index in [-0.39, 0.29) is 5.91 Å². The van der Waals surface area contributed by atoms with Gasteiger partial charge in [0.1, 0.15) is 22.8 Å². The molecule has 0 atom stereocenters. The van der Waals surface area contributed by atoms with Gasteiger partial charge in [0.15, 0.2) is 0 Å². The molecule has 3 rings (SSSR count). The summed E-state index contributed by atoms with van der Waals surface area (Å²) >= 11 is 0. The Kier molecular flexibility index (Phi) is 6.76. The van der Waals surface area contributed by atoms with Gasteiger partial charge >= 0.3 is 0 Å². The number of piperazine rings is 1. The van der Waals surface area contributed by atoms with E-state index in [9.17, 15) is 4.79 Å². The van der Waals surface area contributed by atoms with Crippen LogP contribution in [0.25, 0.3) is 0 Å². The van der Waals surface area contributed by atoms with Gasteiger partial charge in [0.25, 0.3) is 5.91 Å². The van der Waals surface area contributed by atoms with E-state index in [1.54, 1.807) is 33.5 Å². The second-order valence-electron chi connectivity index (χ2n) is 6.73. The molecular weight excluding hydrogens is 356 g/mol. The lowest BCUT2D eigenvalue weighted by atomic mass is 10.1. The molecule has 0 saturated carbocycles. The van der Waals surface area contributed by atoms with E-state index >= 15 is 0 Å². The van der Waals surface area contributed by atoms with Gasteiger partial charge < -0.3 is 19.1 Å². The molecule has 6 nitrogen and oxygen atoms in total. The van der Waals surface area contributed by atoms with E-state index in [2.05, 4.69) is 11.0 Å². The summed E-state index contributed by atoms with van der Waals surface area (Å²) in [4.78, 5) is 17.3. The molecule has 150 valence electrons. The van der Waals surface area contributed by atoms with Crippen LogP contribution in [0, 0.1) is 0 Å². The highest BCUT2D eigenvalue weighted by atomic mass is 16.5. The number of benzene rings is 2. The molecule has 0 unspecified atom stereocenters. The Labute approximate surface area is 166 Å². The summed E-state index contributed by atoms with van der Waals surface area (Å²) in [5.41, 5.74) is 1.71. The van der Waals surface area contributed by atoms with Crippen LogP contribution in [0.3, 0.4) is 0 Å². The van der Waals surface area contributed by atoms with Gasteiger partial charge in [0, 0.05) is 32.7 Å². The highest BCUT2D eigenvalue weighted by Crippen LogP contribution is 2.30. The van der Waals surface area contributed by atoms with Crippen molar-refractivity contribution in [1.29, 1.82) is 0 Å². The average molecular weight is 384 g/mol. The van der Waals surface area contributed by atoms with E-state index in [0.717, 1.165) is 31.8 Å². The van der Waals surface area contributed by atoms with Crippen LogP contribution >= 0.6 is 0 Å². The fourth-order valence-electron chi connectivity index (χ4n) is 3.58. The summed E-state index contributed by atoms with van der Waals surface area (Å²) in [6.45, 7) is 4.01. The Morgan fingerprint density at radius 1 is 0.821 bits per heavy atom. The molecule has 1 saturated heterocycles. The Morgan fingerprint density at radius 3 is 2.00 bits per heavy atom. The Hall–Kier alpha value is -2.73. The van der Waals surface area contributed by atoms with Crippen molar-refractivity contribution >= 4 is 5.91 Å². The predicted octanol–water partition coefficient (Wildman–Crippen LogP) is 2.71. The molecule has 2 aromatic carbocycles. The second kappa shape index (κ2) is 9.46. The molecule has 0 aromatic heterocycles. The van der Waals surface area contributed by atoms with Crippen molar-refractivity contribution < 1.29 is 19.0 Å². The van der Waals surface area contributed by atoms with Gasteiger partial charge in [-0.1, -0.05) is 24.3 Å². The number of carbonyl (C=O) groups excluding carboxylic acids is 1. The van der Waals surface area contributed by atoms with Crippen molar-refractivity contribution in [1.82, 2.24) is 9.80 Å². The fraction of sp³-hybridized carbons (Fsp3) is 0.409. The number of methoxy groups -OCH3 is 3. The molecule has 0 N–H and O–H groups in total. The maximum atomic E-state index is 13.1. The number of hydrogen-bond acceptors (Lipinski definition) is 5. The molecule has 28 heavy (non-hydrogen) atoms. The summed E-state index contributed by atoms with van der Waals surface area (Å²) in [5, 5.41) is 0. The number of amides is 1. The number of para-hydroxylation sites is 1. The number of rotatable bonds is 7. The van der Waals surface area contributed by atoms with Crippen molar-refractivity contribution in [3.63, 3.8) is 0 Å². The van der Waals surface area contributed by atoms with E-state index in [0.29, 0.717) is 30.2 Å². The normalized spacial score (nSPS) is 14.6. The Bertz CT molecular complexity index is 779. The van der Waals surface area contributed by atoms with Gasteiger partial charge in [-0.15, -0.1) is 0 Å². The third-order valence-corrected chi connectivity index (χ3v) is 5.19. The third kappa shape index (κ3) is 4.39. The zero-order valence-corrected chi connectivity index (χ0v) is 16.8. The topological polar surface area (TPSA) is 51.2 Å². The molecule has 1 aliphatic rings. The lowest BCUT2D eigenvalue weighted by Gasteiger charge is -2.35. The first-order valence-corrected chi connectivity index (χ1v) is 9.52. The molecule has 0 radical (unpaired) electrons. The minimum atomic E-state index is -0.0429. The van der Waals surface area contributed by atoms with Crippen LogP contribution in [0.5, 0.6) is 17.2 Å². The van der Waals surface area contributed by atoms with Crippen molar-refractivity contribution in [2.45, 2.75) is 6.42 Å². The van der Waals surface area contributed by atoms with Gasteiger partial charge in [-0.25, -0.2) is 0 Å². The van der Waals surface area contributed by atoms with Gasteiger partial charge in [0.2, 0.25) is 0 Å². The minimum Gasteiger partial charge on any atom is -0.496 e. The monoisotopic (exact) mass is 384 g/mol. The van der Waals surface area contributed by atoms with Gasteiger partial charge in [-0.3, -0.25) is 9.69 Å². The highest BCUT2D eigenvalue weighted by molar-refractivity contribution is 5.99. The van der Waals surface area contributed by atoms with Crippen molar-refractivity contribution in [3.8, 4) is 17.2 Å². The van der Waals surface area contributed by atoms with Crippen LogP contribution < -0.4 is 14.2 Å². The lowest BCUT2D eigenvalue weighted by molar-refractivity contribution is 0.0632. The molecule has 1 heterocycles. The number of carbonyl (C=O) groups is 1. The van der Waals surface area contributed by atoms with Crippen LogP contribution in [-0.4, -0.2) is 69.8 Å². The standard InChI is InChI=1S/C22H28N2O4/c1-26-18-8-5-4-7-17(18)11-12-23-13-15-24(16-14-23)22(25)21-19(27-2)9-6-10-20(21)28-3/h4-10H,11-16H2,1-3H3. The number of hydrogen-bond donors (Lipinski definition) is 0. The molecule has 6 heteroatoms. The van der Waals surface area contributed by atoms with E-state index in [1.807, 2.05) is 29.2 Å². The quantitative estimate of drug-likeness (QED) is 0.735. The highest BCUT2D eigenvalue weighted by Gasteiger charge is 2.27. The summed E-state index contributed by atoms with van der Waals surface area (Å²) in [6, 6.07) is 13.5. The Balaban J connectivity index is 1.59. The largest absolute Gasteiger partial charge is 0.496 e. The van der Waals surface area contributed by atoms with Crippen molar-refractivity contribution in [2.75, 3.05) is 54.1 Å². The lowest BCUT2D eigenvalue weighted by Crippen LogP contribution is -2.49. The van der Waals surface area contributed by atoms with Gasteiger partial charge in [-0.2, -0.15) is 0 Å². The molecular formula is C22H28N2O4. The number of ether oxygens (including phenoxy) is 3. The van der Waals surface area contributed by atoms with Crippen LogP contribution in [0.15, 0.2) is 42.5 Å². The van der Waals surface area contributed by atoms with E-state index < -0.39 is 0 Å². The third-order valence-electron chi connectivity index (χ3n) is 5.19. The second-order valence-corrected chi connectivity index (χ2v) is 6.73. The minimum absolute atomic E-state index is 0.0429. The summed E-state index contributed by atoms with van der Waals surface area (Å²) in [5.74, 6) is 1.98. The van der Waals surface area contributed by atoms with E-state index in [4.69, 9.17) is 14.2 Å². The maximum absolute atomic E-state index is 13.1. The van der Waals surface area contributed by atoms with Crippen LogP contribution in [0.1, 0.15) is 15.9 Å². The molecule has 0 aliphatic carbocycles. The van der Waals surface area contributed by atoms with Crippen LogP contribution in [0.2, 0.25) is 0 Å². The first-order chi connectivity index (χ1) is 13.7. The first-order valence-electron chi connectivity index (χ1n) is 9.52. The summed E-state index contributed by atoms with van der Waals surface area (Å²) < 4.78 is 16.2. The molecule has 2 aromatic rings. The van der Waals surface area contributed by atoms with E-state index in [1.165, 1.54) is 5.56 Å². The van der Waals surface area contributed by atoms with Gasteiger partial charge in [0.05, 0.1) is 21.3 Å². The van der Waals surface area contributed by atoms with Crippen molar-refractivity contribution in [2.24, 2.45) is 0 Å². The van der Waals surface area contributed by atoms with Crippen LogP contribution in [-0.2, 0) is 6.42 Å². The van der Waals surface area contributed by atoms with Crippen molar-refractivity contribution in [3.05, 3.63) is 53.6 Å². The SMILES string of the molecule is COc1ccccc1CCN1CCN(C(=O)c2c(OC)cccc2OC)CC1. The molecule has 0 spiro atoms. The molecule has 0 bridgehead atoms.